The molecule has 0 unspecified atom stereocenters. The fourth-order valence-electron chi connectivity index (χ4n) is 2.12. The van der Waals surface area contributed by atoms with Crippen LogP contribution in [0, 0.1) is 0 Å². The zero-order chi connectivity index (χ0) is 14.8. The highest BCUT2D eigenvalue weighted by atomic mass is 19.4. The van der Waals surface area contributed by atoms with Gasteiger partial charge in [0.25, 0.3) is 0 Å². The number of alkyl halides is 3. The van der Waals surface area contributed by atoms with Crippen LogP contribution in [0.2, 0.25) is 0 Å². The molecule has 0 bridgehead atoms. The second-order valence-corrected chi connectivity index (χ2v) is 4.72. The van der Waals surface area contributed by atoms with E-state index in [2.05, 4.69) is 5.32 Å². The lowest BCUT2D eigenvalue weighted by molar-refractivity contribution is -0.137. The lowest BCUT2D eigenvalue weighted by atomic mass is 10.0. The van der Waals surface area contributed by atoms with Crippen molar-refractivity contribution in [1.29, 1.82) is 0 Å². The van der Waals surface area contributed by atoms with Crippen LogP contribution in [-0.4, -0.2) is 42.1 Å². The van der Waals surface area contributed by atoms with Gasteiger partial charge in [0.2, 0.25) is 5.91 Å². The third kappa shape index (κ3) is 3.71. The van der Waals surface area contributed by atoms with Gasteiger partial charge in [0.15, 0.2) is 0 Å². The van der Waals surface area contributed by atoms with Gasteiger partial charge in [-0.1, -0.05) is 12.1 Å². The summed E-state index contributed by atoms with van der Waals surface area (Å²) in [4.78, 5) is 12.9. The highest BCUT2D eigenvalue weighted by Crippen LogP contribution is 2.30. The standard InChI is InChI=1S/C13H15F3N2O2/c14-13(15,16)10-3-1-2-9(6-10)11(19)7-18-5-4-17-12(20)8-18/h1-3,6,11,19H,4-5,7-8H2,(H,17,20)/t11-/m0/s1. The van der Waals surface area contributed by atoms with Gasteiger partial charge in [-0.15, -0.1) is 0 Å². The van der Waals surface area contributed by atoms with Crippen LogP contribution >= 0.6 is 0 Å². The summed E-state index contributed by atoms with van der Waals surface area (Å²) in [5.41, 5.74) is -0.587. The van der Waals surface area contributed by atoms with E-state index in [1.54, 1.807) is 4.90 Å². The Morgan fingerprint density at radius 3 is 2.80 bits per heavy atom. The van der Waals surface area contributed by atoms with Crippen molar-refractivity contribution in [1.82, 2.24) is 10.2 Å². The number of aliphatic hydroxyl groups excluding tert-OH is 1. The maximum atomic E-state index is 12.6. The first kappa shape index (κ1) is 14.8. The van der Waals surface area contributed by atoms with Gasteiger partial charge in [-0.05, 0) is 17.7 Å². The Balaban J connectivity index is 2.05. The van der Waals surface area contributed by atoms with Crippen LogP contribution in [0.25, 0.3) is 0 Å². The third-order valence-corrected chi connectivity index (χ3v) is 3.15. The van der Waals surface area contributed by atoms with Crippen molar-refractivity contribution < 1.29 is 23.1 Å². The molecule has 20 heavy (non-hydrogen) atoms. The highest BCUT2D eigenvalue weighted by Gasteiger charge is 2.31. The molecule has 0 aliphatic carbocycles. The molecule has 2 N–H and O–H groups in total. The molecule has 1 fully saturated rings. The smallest absolute Gasteiger partial charge is 0.387 e. The Morgan fingerprint density at radius 2 is 2.15 bits per heavy atom. The average Bonchev–Trinajstić information content (AvgIpc) is 2.38. The SMILES string of the molecule is O=C1CN(C[C@H](O)c2cccc(C(F)(F)F)c2)CCN1. The molecule has 1 aliphatic rings. The molecule has 0 spiro atoms. The van der Waals surface area contributed by atoms with E-state index < -0.39 is 17.8 Å². The van der Waals surface area contributed by atoms with E-state index >= 15 is 0 Å². The quantitative estimate of drug-likeness (QED) is 0.878. The van der Waals surface area contributed by atoms with Crippen LogP contribution in [-0.2, 0) is 11.0 Å². The Labute approximate surface area is 114 Å². The number of nitrogens with one attached hydrogen (secondary N) is 1. The summed E-state index contributed by atoms with van der Waals surface area (Å²) < 4.78 is 37.8. The van der Waals surface area contributed by atoms with Crippen molar-refractivity contribution >= 4 is 5.91 Å². The predicted octanol–water partition coefficient (Wildman–Crippen LogP) is 1.17. The van der Waals surface area contributed by atoms with E-state index in [0.717, 1.165) is 12.1 Å². The van der Waals surface area contributed by atoms with Crippen LogP contribution < -0.4 is 5.32 Å². The maximum absolute atomic E-state index is 12.6. The molecule has 1 atom stereocenters. The molecular weight excluding hydrogens is 273 g/mol. The lowest BCUT2D eigenvalue weighted by Gasteiger charge is -2.28. The van der Waals surface area contributed by atoms with E-state index in [1.165, 1.54) is 12.1 Å². The number of amides is 1. The fourth-order valence-corrected chi connectivity index (χ4v) is 2.12. The molecule has 0 aromatic heterocycles. The average molecular weight is 288 g/mol. The number of hydrogen-bond acceptors (Lipinski definition) is 3. The molecular formula is C13H15F3N2O2. The van der Waals surface area contributed by atoms with Crippen LogP contribution in [0.15, 0.2) is 24.3 Å². The second kappa shape index (κ2) is 5.80. The number of hydrogen-bond donors (Lipinski definition) is 2. The number of aliphatic hydroxyl groups is 1. The van der Waals surface area contributed by atoms with E-state index in [1.807, 2.05) is 0 Å². The van der Waals surface area contributed by atoms with E-state index in [4.69, 9.17) is 0 Å². The first-order valence-corrected chi connectivity index (χ1v) is 6.20. The Hall–Kier alpha value is -1.60. The van der Waals surface area contributed by atoms with Crippen LogP contribution in [0.1, 0.15) is 17.2 Å². The number of piperazine rings is 1. The Bertz CT molecular complexity index is 491. The summed E-state index contributed by atoms with van der Waals surface area (Å²) in [7, 11) is 0. The first-order chi connectivity index (χ1) is 9.36. The minimum Gasteiger partial charge on any atom is -0.387 e. The van der Waals surface area contributed by atoms with Gasteiger partial charge in [0.05, 0.1) is 18.2 Å². The van der Waals surface area contributed by atoms with E-state index in [-0.39, 0.29) is 24.6 Å². The van der Waals surface area contributed by atoms with Crippen molar-refractivity contribution in [3.63, 3.8) is 0 Å². The minimum absolute atomic E-state index is 0.134. The predicted molar refractivity (Wildman–Crippen MR) is 65.9 cm³/mol. The van der Waals surface area contributed by atoms with Gasteiger partial charge < -0.3 is 10.4 Å². The Kier molecular flexibility index (Phi) is 4.29. The minimum atomic E-state index is -4.43. The van der Waals surface area contributed by atoms with Gasteiger partial charge in [0.1, 0.15) is 0 Å². The third-order valence-electron chi connectivity index (χ3n) is 3.15. The topological polar surface area (TPSA) is 52.6 Å². The van der Waals surface area contributed by atoms with Crippen molar-refractivity contribution in [3.8, 4) is 0 Å². The van der Waals surface area contributed by atoms with E-state index in [9.17, 15) is 23.1 Å². The highest BCUT2D eigenvalue weighted by molar-refractivity contribution is 5.78. The number of benzene rings is 1. The molecule has 1 aromatic carbocycles. The van der Waals surface area contributed by atoms with Crippen molar-refractivity contribution in [2.75, 3.05) is 26.2 Å². The number of carbonyl (C=O) groups is 1. The monoisotopic (exact) mass is 288 g/mol. The molecule has 0 radical (unpaired) electrons. The maximum Gasteiger partial charge on any atom is 0.416 e. The number of halogens is 3. The zero-order valence-corrected chi connectivity index (χ0v) is 10.7. The normalized spacial score (nSPS) is 18.7. The first-order valence-electron chi connectivity index (χ1n) is 6.20. The van der Waals surface area contributed by atoms with Crippen molar-refractivity contribution in [3.05, 3.63) is 35.4 Å². The van der Waals surface area contributed by atoms with Gasteiger partial charge in [-0.25, -0.2) is 0 Å². The number of carbonyl (C=O) groups excluding carboxylic acids is 1. The molecule has 1 aliphatic heterocycles. The summed E-state index contributed by atoms with van der Waals surface area (Å²) >= 11 is 0. The van der Waals surface area contributed by atoms with Crippen LogP contribution in [0.3, 0.4) is 0 Å². The Morgan fingerprint density at radius 1 is 1.40 bits per heavy atom. The van der Waals surface area contributed by atoms with Gasteiger partial charge in [-0.2, -0.15) is 13.2 Å². The van der Waals surface area contributed by atoms with Crippen molar-refractivity contribution in [2.45, 2.75) is 12.3 Å². The van der Waals surface area contributed by atoms with E-state index in [0.29, 0.717) is 13.1 Å². The summed E-state index contributed by atoms with van der Waals surface area (Å²) in [6.07, 6.45) is -5.48. The molecule has 110 valence electrons. The molecule has 1 saturated heterocycles. The largest absolute Gasteiger partial charge is 0.416 e. The molecule has 1 aromatic rings. The number of rotatable bonds is 3. The lowest BCUT2D eigenvalue weighted by Crippen LogP contribution is -2.48. The molecule has 1 amide bonds. The summed E-state index contributed by atoms with van der Waals surface area (Å²) in [5.74, 6) is -0.146. The molecule has 0 saturated carbocycles. The number of nitrogens with zero attached hydrogens (tertiary/aromatic N) is 1. The van der Waals surface area contributed by atoms with Crippen LogP contribution in [0.5, 0.6) is 0 Å². The molecule has 2 rings (SSSR count). The molecule has 4 nitrogen and oxygen atoms in total. The molecule has 1 heterocycles. The summed E-state index contributed by atoms with van der Waals surface area (Å²) in [6.45, 7) is 1.33. The van der Waals surface area contributed by atoms with Crippen molar-refractivity contribution in [2.24, 2.45) is 0 Å². The van der Waals surface area contributed by atoms with Crippen LogP contribution in [0.4, 0.5) is 13.2 Å². The number of β-amino-alcohol motifs (C(OH)–C–C–N with tert-alkyl or cyclic N) is 1. The summed E-state index contributed by atoms with van der Waals surface area (Å²) in [6, 6.07) is 4.62. The zero-order valence-electron chi connectivity index (χ0n) is 10.7. The summed E-state index contributed by atoms with van der Waals surface area (Å²) in [5, 5.41) is 12.7. The van der Waals surface area contributed by atoms with Gasteiger partial charge in [-0.3, -0.25) is 9.69 Å². The van der Waals surface area contributed by atoms with Gasteiger partial charge >= 0.3 is 6.18 Å². The molecule has 7 heteroatoms. The fraction of sp³-hybridized carbons (Fsp3) is 0.462. The van der Waals surface area contributed by atoms with Gasteiger partial charge in [0, 0.05) is 19.6 Å². The second-order valence-electron chi connectivity index (χ2n) is 4.72.